The Morgan fingerprint density at radius 2 is 1.70 bits per heavy atom. The van der Waals surface area contributed by atoms with Crippen molar-refractivity contribution < 1.29 is 4.79 Å². The lowest BCUT2D eigenvalue weighted by atomic mass is 9.99. The van der Waals surface area contributed by atoms with E-state index in [-0.39, 0.29) is 5.91 Å². The number of piperidine rings is 1. The van der Waals surface area contributed by atoms with Crippen molar-refractivity contribution in [2.75, 3.05) is 26.2 Å². The maximum absolute atomic E-state index is 13.4. The van der Waals surface area contributed by atoms with Crippen molar-refractivity contribution in [1.82, 2.24) is 25.0 Å². The number of carbonyl (C=O) groups is 1. The highest BCUT2D eigenvalue weighted by Crippen LogP contribution is 2.36. The monoisotopic (exact) mass is 445 g/mol. The Hall–Kier alpha value is -2.60. The van der Waals surface area contributed by atoms with Crippen LogP contribution in [0.15, 0.2) is 24.4 Å². The third-order valence-corrected chi connectivity index (χ3v) is 8.15. The van der Waals surface area contributed by atoms with Gasteiger partial charge >= 0.3 is 0 Å². The van der Waals surface area contributed by atoms with Crippen LogP contribution in [0.2, 0.25) is 0 Å². The van der Waals surface area contributed by atoms with Gasteiger partial charge in [0.25, 0.3) is 5.91 Å². The molecule has 4 heterocycles. The summed E-state index contributed by atoms with van der Waals surface area (Å²) < 4.78 is 0. The molecule has 174 valence electrons. The predicted octanol–water partition coefficient (Wildman–Crippen LogP) is 4.92. The molecule has 33 heavy (non-hydrogen) atoms. The zero-order valence-corrected chi connectivity index (χ0v) is 19.5. The Labute approximate surface area is 195 Å². The minimum Gasteiger partial charge on any atom is -0.353 e. The molecule has 2 N–H and O–H groups in total. The number of aromatic amines is 2. The van der Waals surface area contributed by atoms with Crippen molar-refractivity contribution in [1.29, 1.82) is 0 Å². The first-order chi connectivity index (χ1) is 16.3. The van der Waals surface area contributed by atoms with E-state index in [0.29, 0.717) is 6.04 Å². The number of aryl methyl sites for hydroxylation is 2. The molecule has 6 nitrogen and oxygen atoms in total. The fourth-order valence-electron chi connectivity index (χ4n) is 6.28. The Kier molecular flexibility index (Phi) is 5.70. The smallest absolute Gasteiger partial charge is 0.253 e. The number of nitrogens with zero attached hydrogens (tertiary/aromatic N) is 3. The Morgan fingerprint density at radius 3 is 2.52 bits per heavy atom. The Bertz CT molecular complexity index is 1130. The third-order valence-electron chi connectivity index (χ3n) is 8.15. The molecule has 0 radical (unpaired) electrons. The van der Waals surface area contributed by atoms with Crippen LogP contribution >= 0.6 is 0 Å². The minimum atomic E-state index is 0.189. The van der Waals surface area contributed by atoms with Gasteiger partial charge in [-0.1, -0.05) is 19.3 Å². The molecule has 0 spiro atoms. The van der Waals surface area contributed by atoms with Crippen molar-refractivity contribution in [3.63, 3.8) is 0 Å². The molecule has 0 bridgehead atoms. The normalized spacial score (nSPS) is 20.7. The van der Waals surface area contributed by atoms with Gasteiger partial charge in [-0.05, 0) is 87.4 Å². The molecular formula is C27H35N5O. The summed E-state index contributed by atoms with van der Waals surface area (Å²) in [6.45, 7) is 4.24. The predicted molar refractivity (Wildman–Crippen MR) is 131 cm³/mol. The quantitative estimate of drug-likeness (QED) is 0.588. The van der Waals surface area contributed by atoms with Gasteiger partial charge in [0.1, 0.15) is 0 Å². The molecule has 1 aromatic carbocycles. The van der Waals surface area contributed by atoms with Crippen molar-refractivity contribution in [2.45, 2.75) is 70.3 Å². The largest absolute Gasteiger partial charge is 0.353 e. The highest BCUT2D eigenvalue weighted by atomic mass is 16.2. The highest BCUT2D eigenvalue weighted by Gasteiger charge is 2.28. The van der Waals surface area contributed by atoms with Gasteiger partial charge in [0.2, 0.25) is 0 Å². The lowest BCUT2D eigenvalue weighted by Crippen LogP contribution is -2.47. The molecule has 3 aromatic rings. The van der Waals surface area contributed by atoms with Crippen LogP contribution in [-0.4, -0.2) is 63.1 Å². The summed E-state index contributed by atoms with van der Waals surface area (Å²) in [5.41, 5.74) is 6.78. The van der Waals surface area contributed by atoms with E-state index in [4.69, 9.17) is 0 Å². The number of nitrogens with one attached hydrogen (secondary N) is 2. The number of rotatable bonds is 2. The number of hydrogen-bond donors (Lipinski definition) is 2. The van der Waals surface area contributed by atoms with E-state index in [1.165, 1.54) is 61.7 Å². The van der Waals surface area contributed by atoms with Crippen molar-refractivity contribution in [2.24, 2.45) is 0 Å². The molecule has 0 atom stereocenters. The van der Waals surface area contributed by atoms with Crippen LogP contribution in [0.4, 0.5) is 0 Å². The van der Waals surface area contributed by atoms with Crippen molar-refractivity contribution in [3.8, 4) is 11.4 Å². The lowest BCUT2D eigenvalue weighted by Gasteiger charge is -2.39. The second-order valence-electron chi connectivity index (χ2n) is 10.2. The molecule has 2 saturated heterocycles. The minimum absolute atomic E-state index is 0.189. The molecule has 1 amide bonds. The number of carbonyl (C=O) groups excluding carboxylic acids is 1. The van der Waals surface area contributed by atoms with Gasteiger partial charge in [0.05, 0.1) is 17.6 Å². The summed E-state index contributed by atoms with van der Waals surface area (Å²) in [6.07, 6.45) is 14.2. The maximum atomic E-state index is 13.4. The van der Waals surface area contributed by atoms with Crippen LogP contribution in [0.5, 0.6) is 0 Å². The van der Waals surface area contributed by atoms with Crippen LogP contribution in [0.1, 0.15) is 72.9 Å². The fraction of sp³-hybridized carbons (Fsp3) is 0.556. The molecule has 2 aromatic heterocycles. The van der Waals surface area contributed by atoms with Crippen LogP contribution in [-0.2, 0) is 12.8 Å². The van der Waals surface area contributed by atoms with Gasteiger partial charge in [-0.3, -0.25) is 9.89 Å². The molecule has 2 aliphatic heterocycles. The number of hydrogen-bond acceptors (Lipinski definition) is 3. The lowest BCUT2D eigenvalue weighted by molar-refractivity contribution is 0.0607. The van der Waals surface area contributed by atoms with Gasteiger partial charge in [-0.2, -0.15) is 5.10 Å². The van der Waals surface area contributed by atoms with Crippen LogP contribution in [0.3, 0.4) is 0 Å². The summed E-state index contributed by atoms with van der Waals surface area (Å²) in [7, 11) is 0. The number of H-pyrrole nitrogens is 2. The maximum Gasteiger partial charge on any atom is 0.253 e. The zero-order valence-electron chi connectivity index (χ0n) is 19.5. The average molecular weight is 446 g/mol. The first kappa shape index (κ1) is 21.0. The first-order valence-electron chi connectivity index (χ1n) is 13.0. The summed E-state index contributed by atoms with van der Waals surface area (Å²) >= 11 is 0. The van der Waals surface area contributed by atoms with Gasteiger partial charge in [0.15, 0.2) is 0 Å². The summed E-state index contributed by atoms with van der Waals surface area (Å²) in [4.78, 5) is 21.8. The topological polar surface area (TPSA) is 68.0 Å². The fourth-order valence-corrected chi connectivity index (χ4v) is 6.28. The second kappa shape index (κ2) is 8.98. The Morgan fingerprint density at radius 1 is 0.909 bits per heavy atom. The van der Waals surface area contributed by atoms with Gasteiger partial charge < -0.3 is 14.8 Å². The molecular weight excluding hydrogens is 410 g/mol. The number of benzene rings is 1. The molecule has 0 unspecified atom stereocenters. The molecule has 6 rings (SSSR count). The standard InChI is InChI=1S/C27H35N5O/c33-27(32-15-11-21(12-16-32)31-13-4-2-1-3-5-14-31)19-9-10-24-23(17-19)22-8-6-7-20-18-28-30-25(20)26(22)29-24/h9-10,17-18,21,29H,1-8,11-16H2,(H,28,30). The molecule has 3 aliphatic rings. The third kappa shape index (κ3) is 3.99. The molecule has 1 aliphatic carbocycles. The van der Waals surface area contributed by atoms with Crippen molar-refractivity contribution in [3.05, 3.63) is 41.1 Å². The van der Waals surface area contributed by atoms with E-state index in [0.717, 1.165) is 67.7 Å². The Balaban J connectivity index is 1.19. The first-order valence-corrected chi connectivity index (χ1v) is 13.0. The van der Waals surface area contributed by atoms with E-state index >= 15 is 0 Å². The van der Waals surface area contributed by atoms with Gasteiger partial charge in [-0.25, -0.2) is 0 Å². The summed E-state index contributed by atoms with van der Waals surface area (Å²) in [5.74, 6) is 0.189. The number of fused-ring (bicyclic) bond motifs is 5. The van der Waals surface area contributed by atoms with E-state index < -0.39 is 0 Å². The summed E-state index contributed by atoms with van der Waals surface area (Å²) in [5, 5.41) is 8.63. The SMILES string of the molecule is O=C(c1ccc2[nH]c3c(c2c1)CCCc1cn[nH]c1-3)N1CCC(N2CCCCCCC2)CC1. The molecule has 0 saturated carbocycles. The van der Waals surface area contributed by atoms with Crippen LogP contribution < -0.4 is 0 Å². The highest BCUT2D eigenvalue weighted by molar-refractivity contribution is 6.00. The van der Waals surface area contributed by atoms with E-state index in [2.05, 4.69) is 37.1 Å². The summed E-state index contributed by atoms with van der Waals surface area (Å²) in [6, 6.07) is 6.86. The van der Waals surface area contributed by atoms with E-state index in [1.807, 2.05) is 12.3 Å². The van der Waals surface area contributed by atoms with Crippen LogP contribution in [0.25, 0.3) is 22.3 Å². The average Bonchev–Trinajstić information content (AvgIpc) is 3.39. The molecule has 2 fully saturated rings. The number of likely N-dealkylation sites (tertiary alicyclic amines) is 2. The number of amides is 1. The zero-order chi connectivity index (χ0) is 22.2. The van der Waals surface area contributed by atoms with E-state index in [9.17, 15) is 4.79 Å². The van der Waals surface area contributed by atoms with Gasteiger partial charge in [0, 0.05) is 35.6 Å². The van der Waals surface area contributed by atoms with Gasteiger partial charge in [-0.15, -0.1) is 0 Å². The molecule has 6 heteroatoms. The second-order valence-corrected chi connectivity index (χ2v) is 10.2. The number of aromatic nitrogens is 3. The van der Waals surface area contributed by atoms with Crippen molar-refractivity contribution >= 4 is 16.8 Å². The van der Waals surface area contributed by atoms with E-state index in [1.54, 1.807) is 0 Å². The van der Waals surface area contributed by atoms with Crippen LogP contribution in [0, 0.1) is 0 Å².